The van der Waals surface area contributed by atoms with Gasteiger partial charge in [-0.1, -0.05) is 44.1 Å². The number of esters is 1. The number of ether oxygens (including phenoxy) is 3. The van der Waals surface area contributed by atoms with Crippen LogP contribution in [0.25, 0.3) is 21.6 Å². The van der Waals surface area contributed by atoms with E-state index >= 15 is 0 Å². The molecule has 1 unspecified atom stereocenters. The number of fused-ring (bicyclic) bond motifs is 1. The van der Waals surface area contributed by atoms with Crippen LogP contribution in [0.4, 0.5) is 5.95 Å². The molecule has 6 atom stereocenters. The first kappa shape index (κ1) is 35.5. The van der Waals surface area contributed by atoms with Crippen molar-refractivity contribution in [3.8, 4) is 11.6 Å². The third kappa shape index (κ3) is 8.00. The molecule has 0 saturated carbocycles. The van der Waals surface area contributed by atoms with E-state index in [1.165, 1.54) is 24.7 Å². The fraction of sp³-hybridized carbons (Fsp3) is 0.556. The second-order valence-corrected chi connectivity index (χ2v) is 11.8. The summed E-state index contributed by atoms with van der Waals surface area (Å²) >= 11 is 0. The number of nitrogen functional groups attached to an aromatic ring is 1. The van der Waals surface area contributed by atoms with Gasteiger partial charge in [0, 0.05) is 4.91 Å². The number of nitrogens with zero attached hydrogens (tertiary/aromatic N) is 7. The Balaban J connectivity index is 0.00000552. The highest BCUT2D eigenvalue weighted by Gasteiger charge is 2.55. The summed E-state index contributed by atoms with van der Waals surface area (Å²) in [5, 5.41) is 17.8. The van der Waals surface area contributed by atoms with Gasteiger partial charge in [0.2, 0.25) is 11.8 Å². The van der Waals surface area contributed by atoms with Crippen molar-refractivity contribution in [3.05, 3.63) is 47.1 Å². The number of carbonyl (C=O) groups is 1. The summed E-state index contributed by atoms with van der Waals surface area (Å²) in [7, 11) is -4.28. The number of nitrogens with one attached hydrogen (secondary N) is 1. The van der Waals surface area contributed by atoms with Gasteiger partial charge < -0.3 is 29.6 Å². The van der Waals surface area contributed by atoms with E-state index in [0.717, 1.165) is 6.42 Å². The average molecular weight is 650 g/mol. The molecule has 3 heterocycles. The third-order valence-corrected chi connectivity index (χ3v) is 8.42. The number of aromatic nitrogens is 4. The summed E-state index contributed by atoms with van der Waals surface area (Å²) in [6.45, 7) is 6.67. The van der Waals surface area contributed by atoms with Crippen molar-refractivity contribution in [3.63, 3.8) is 0 Å². The number of aliphatic hydroxyl groups excluding tert-OH is 1. The van der Waals surface area contributed by atoms with E-state index in [1.54, 1.807) is 37.3 Å². The number of azide groups is 1. The zero-order valence-electron chi connectivity index (χ0n) is 24.8. The second kappa shape index (κ2) is 15.3. The number of carbonyl (C=O) groups excluding carboxylic acids is 1. The topological polar surface area (TPSA) is 231 Å². The number of para-hydroxylation sites is 1. The minimum atomic E-state index is -4.28. The Morgan fingerprint density at radius 1 is 1.33 bits per heavy atom. The van der Waals surface area contributed by atoms with E-state index in [1.807, 2.05) is 6.92 Å². The number of unbranched alkanes of at least 4 members (excludes halogenated alkanes) is 1. The molecule has 0 aliphatic carbocycles. The lowest BCUT2D eigenvalue weighted by molar-refractivity contribution is -0.145. The largest absolute Gasteiger partial charge is 0.476 e. The van der Waals surface area contributed by atoms with E-state index in [4.69, 9.17) is 29.0 Å². The monoisotopic (exact) mass is 649 g/mol. The summed E-state index contributed by atoms with van der Waals surface area (Å²) in [5.41, 5.74) is 14.1. The van der Waals surface area contributed by atoms with E-state index in [9.17, 15) is 20.0 Å². The Kier molecular flexibility index (Phi) is 12.1. The molecule has 1 fully saturated rings. The molecule has 45 heavy (non-hydrogen) atoms. The minimum Gasteiger partial charge on any atom is -0.476 e. The van der Waals surface area contributed by atoms with Crippen LogP contribution in [0.5, 0.6) is 11.6 Å². The predicted octanol–water partition coefficient (Wildman–Crippen LogP) is 4.30. The van der Waals surface area contributed by atoms with Gasteiger partial charge in [-0.15, -0.1) is 0 Å². The van der Waals surface area contributed by atoms with Gasteiger partial charge in [-0.25, -0.2) is 9.55 Å². The van der Waals surface area contributed by atoms with Gasteiger partial charge in [0.05, 0.1) is 32.3 Å². The maximum atomic E-state index is 14.0. The summed E-state index contributed by atoms with van der Waals surface area (Å²) in [6.07, 6.45) is -0.953. The van der Waals surface area contributed by atoms with Gasteiger partial charge >= 0.3 is 13.7 Å². The molecule has 1 aliphatic heterocycles. The smallest absolute Gasteiger partial charge is 0.459 e. The van der Waals surface area contributed by atoms with Crippen molar-refractivity contribution in [2.45, 2.75) is 78.0 Å². The van der Waals surface area contributed by atoms with Crippen molar-refractivity contribution in [2.24, 2.45) is 5.11 Å². The lowest BCUT2D eigenvalue weighted by Crippen LogP contribution is -2.43. The molecule has 0 bridgehead atoms. The van der Waals surface area contributed by atoms with Gasteiger partial charge in [0.1, 0.15) is 23.4 Å². The molecular formula is C27H40N9O8P. The Morgan fingerprint density at radius 2 is 2.07 bits per heavy atom. The lowest BCUT2D eigenvalue weighted by Gasteiger charge is -2.28. The summed E-state index contributed by atoms with van der Waals surface area (Å²) in [5.74, 6) is -0.400. The van der Waals surface area contributed by atoms with Crippen LogP contribution in [-0.4, -0.2) is 74.2 Å². The molecule has 17 nitrogen and oxygen atoms in total. The number of hydrogen-bond donors (Lipinski definition) is 3. The number of anilines is 1. The molecule has 0 radical (unpaired) electrons. The summed E-state index contributed by atoms with van der Waals surface area (Å²) in [6, 6.07) is 7.14. The average Bonchev–Trinajstić information content (AvgIpc) is 3.51. The van der Waals surface area contributed by atoms with E-state index in [2.05, 4.69) is 30.1 Å². The summed E-state index contributed by atoms with van der Waals surface area (Å²) < 4.78 is 43.7. The van der Waals surface area contributed by atoms with Crippen molar-refractivity contribution in [2.75, 3.05) is 25.6 Å². The highest BCUT2D eigenvalue weighted by Crippen LogP contribution is 2.48. The highest BCUT2D eigenvalue weighted by atomic mass is 31.2. The maximum Gasteiger partial charge on any atom is 0.459 e. The van der Waals surface area contributed by atoms with Crippen molar-refractivity contribution in [1.29, 1.82) is 0 Å². The number of aliphatic hydroxyl groups is 1. The van der Waals surface area contributed by atoms with Crippen molar-refractivity contribution >= 4 is 30.8 Å². The first-order valence-electron chi connectivity index (χ1n) is 14.0. The quantitative estimate of drug-likeness (QED) is 0.0521. The standard InChI is InChI=1S/C26H36N9O8P.CH4/c1-5-7-13-40-23(37)16(3)32-44(38,43-17-11-9-8-10-12-17)41-14-18-20(36)26(4,33-34-28)24(42-18)35-15-29-19-21(35)30-25(27)31-22(19)39-6-2;/h8-12,15-16,18,20,24,36H,5-7,13-14H2,1-4H3,(H,32,38)(H2,27,30,31);1H4/t16-,18+,20+,24+,26+,44?;/m0./s1. The normalized spacial score (nSPS) is 22.9. The Hall–Kier alpha value is -3.98. The fourth-order valence-corrected chi connectivity index (χ4v) is 6.01. The first-order chi connectivity index (χ1) is 21.0. The van der Waals surface area contributed by atoms with Gasteiger partial charge in [-0.3, -0.25) is 13.9 Å². The number of hydrogen-bond acceptors (Lipinski definition) is 13. The van der Waals surface area contributed by atoms with Crippen LogP contribution < -0.4 is 20.1 Å². The first-order valence-corrected chi connectivity index (χ1v) is 15.6. The van der Waals surface area contributed by atoms with Crippen LogP contribution >= 0.6 is 7.75 Å². The van der Waals surface area contributed by atoms with E-state index in [-0.39, 0.29) is 42.8 Å². The molecule has 1 aromatic carbocycles. The Labute approximate surface area is 260 Å². The Morgan fingerprint density at radius 3 is 2.73 bits per heavy atom. The summed E-state index contributed by atoms with van der Waals surface area (Å²) in [4.78, 5) is 28.1. The van der Waals surface area contributed by atoms with E-state index in [0.29, 0.717) is 13.0 Å². The van der Waals surface area contributed by atoms with Crippen LogP contribution in [0.3, 0.4) is 0 Å². The number of nitrogens with two attached hydrogens (primary N) is 1. The van der Waals surface area contributed by atoms with Gasteiger partial charge in [-0.2, -0.15) is 15.1 Å². The number of benzene rings is 1. The zero-order valence-corrected chi connectivity index (χ0v) is 25.7. The minimum absolute atomic E-state index is 0. The van der Waals surface area contributed by atoms with Crippen LogP contribution in [0.15, 0.2) is 41.8 Å². The van der Waals surface area contributed by atoms with Gasteiger partial charge in [-0.05, 0) is 44.9 Å². The molecule has 0 amide bonds. The molecule has 1 saturated heterocycles. The SMILES string of the molecule is C.CCCCOC(=O)[C@H](C)NP(=O)(OC[C@H]1O[C@@H](n2cnc3c(OCC)nc(N)nc32)[C@](C)(N=[N+]=[N-])[C@@H]1O)Oc1ccccc1. The highest BCUT2D eigenvalue weighted by molar-refractivity contribution is 7.52. The second-order valence-electron chi connectivity index (χ2n) is 10.1. The molecule has 1 aliphatic rings. The Bertz CT molecular complexity index is 1540. The molecule has 4 N–H and O–H groups in total. The molecule has 4 rings (SSSR count). The fourth-order valence-electron chi connectivity index (χ4n) is 4.51. The van der Waals surface area contributed by atoms with Crippen LogP contribution in [-0.2, 0) is 23.4 Å². The molecule has 18 heteroatoms. The molecule has 246 valence electrons. The lowest BCUT2D eigenvalue weighted by atomic mass is 9.93. The molecular weight excluding hydrogens is 609 g/mol. The number of rotatable bonds is 15. The third-order valence-electron chi connectivity index (χ3n) is 6.78. The van der Waals surface area contributed by atoms with Gasteiger partial charge in [0.25, 0.3) is 0 Å². The van der Waals surface area contributed by atoms with E-state index < -0.39 is 50.3 Å². The molecule has 0 spiro atoms. The van der Waals surface area contributed by atoms with Crippen molar-refractivity contribution in [1.82, 2.24) is 24.6 Å². The number of imidazole rings is 1. The zero-order chi connectivity index (χ0) is 31.9. The van der Waals surface area contributed by atoms with Crippen molar-refractivity contribution < 1.29 is 37.7 Å². The molecule has 3 aromatic rings. The maximum absolute atomic E-state index is 14.0. The van der Waals surface area contributed by atoms with Gasteiger partial charge in [0.15, 0.2) is 17.4 Å². The predicted molar refractivity (Wildman–Crippen MR) is 164 cm³/mol. The molecule has 2 aromatic heterocycles. The van der Waals surface area contributed by atoms with Crippen LogP contribution in [0.1, 0.15) is 54.2 Å². The van der Waals surface area contributed by atoms with Crippen LogP contribution in [0, 0.1) is 0 Å². The van der Waals surface area contributed by atoms with Crippen LogP contribution in [0.2, 0.25) is 0 Å².